The number of hydrogen-bond donors (Lipinski definition) is 2. The first-order valence-electron chi connectivity index (χ1n) is 5.16. The molecule has 0 amide bonds. The van der Waals surface area contributed by atoms with Crippen molar-refractivity contribution < 1.29 is 8.42 Å². The van der Waals surface area contributed by atoms with Crippen molar-refractivity contribution in [3.63, 3.8) is 0 Å². The number of anilines is 1. The van der Waals surface area contributed by atoms with Gasteiger partial charge in [-0.25, -0.2) is 18.1 Å². The number of hydrogen-bond acceptors (Lipinski definition) is 5. The number of nitrogens with two attached hydrogens (primary N) is 1. The van der Waals surface area contributed by atoms with E-state index in [4.69, 9.17) is 5.73 Å². The van der Waals surface area contributed by atoms with Gasteiger partial charge in [-0.1, -0.05) is 0 Å². The van der Waals surface area contributed by atoms with Gasteiger partial charge in [0.05, 0.1) is 12.2 Å². The van der Waals surface area contributed by atoms with E-state index >= 15 is 0 Å². The van der Waals surface area contributed by atoms with E-state index in [9.17, 15) is 8.42 Å². The van der Waals surface area contributed by atoms with E-state index in [2.05, 4.69) is 14.7 Å². The summed E-state index contributed by atoms with van der Waals surface area (Å²) >= 11 is 0. The largest absolute Gasteiger partial charge is 0.398 e. The quantitative estimate of drug-likeness (QED) is 0.803. The van der Waals surface area contributed by atoms with Crippen LogP contribution >= 0.6 is 0 Å². The molecule has 2 rings (SSSR count). The highest BCUT2D eigenvalue weighted by molar-refractivity contribution is 7.89. The molecule has 0 spiro atoms. The number of nitrogens with one attached hydrogen (secondary N) is 1. The summed E-state index contributed by atoms with van der Waals surface area (Å²) in [6.45, 7) is 0.0974. The Morgan fingerprint density at radius 1 is 1.44 bits per heavy atom. The van der Waals surface area contributed by atoms with Crippen molar-refractivity contribution in [1.82, 2.24) is 19.3 Å². The minimum Gasteiger partial charge on any atom is -0.398 e. The number of aromatic nitrogens is 3. The standard InChI is InChI=1S/C10H13N5O2S/c1-15-5-4-13-10(15)7-14-18(16,17)9-6-12-3-2-8(9)11/h2-6,14H,7H2,1H3,(H2,11,12). The molecule has 0 saturated carbocycles. The average Bonchev–Trinajstić information content (AvgIpc) is 2.73. The lowest BCUT2D eigenvalue weighted by Crippen LogP contribution is -2.25. The Bertz CT molecular complexity index is 650. The molecule has 0 radical (unpaired) electrons. The van der Waals surface area contributed by atoms with E-state index in [1.54, 1.807) is 24.0 Å². The molecule has 7 nitrogen and oxygen atoms in total. The minimum atomic E-state index is -3.67. The second-order valence-electron chi connectivity index (χ2n) is 3.69. The fourth-order valence-electron chi connectivity index (χ4n) is 1.42. The van der Waals surface area contributed by atoms with Crippen LogP contribution in [0.15, 0.2) is 35.7 Å². The summed E-state index contributed by atoms with van der Waals surface area (Å²) in [5.41, 5.74) is 5.77. The smallest absolute Gasteiger partial charge is 0.244 e. The average molecular weight is 267 g/mol. The zero-order valence-corrected chi connectivity index (χ0v) is 10.6. The van der Waals surface area contributed by atoms with E-state index in [1.807, 2.05) is 0 Å². The number of rotatable bonds is 4. The number of imidazole rings is 1. The highest BCUT2D eigenvalue weighted by atomic mass is 32.2. The van der Waals surface area contributed by atoms with Crippen LogP contribution in [0.2, 0.25) is 0 Å². The zero-order valence-electron chi connectivity index (χ0n) is 9.74. The van der Waals surface area contributed by atoms with Crippen LogP contribution in [0.1, 0.15) is 5.82 Å². The summed E-state index contributed by atoms with van der Waals surface area (Å²) in [4.78, 5) is 7.75. The second kappa shape index (κ2) is 4.75. The second-order valence-corrected chi connectivity index (χ2v) is 5.43. The van der Waals surface area contributed by atoms with Crippen LogP contribution in [-0.4, -0.2) is 23.0 Å². The Labute approximate surface area is 105 Å². The lowest BCUT2D eigenvalue weighted by atomic mass is 10.4. The molecular formula is C10H13N5O2S. The summed E-state index contributed by atoms with van der Waals surface area (Å²) in [5, 5.41) is 0. The molecule has 0 aliphatic heterocycles. The Balaban J connectivity index is 2.19. The van der Waals surface area contributed by atoms with Crippen LogP contribution in [0.25, 0.3) is 0 Å². The molecule has 96 valence electrons. The molecule has 0 fully saturated rings. The molecule has 0 unspecified atom stereocenters. The van der Waals surface area contributed by atoms with Gasteiger partial charge in [0.25, 0.3) is 0 Å². The SMILES string of the molecule is Cn1ccnc1CNS(=O)(=O)c1cnccc1N. The molecule has 0 aliphatic rings. The highest BCUT2D eigenvalue weighted by Gasteiger charge is 2.17. The van der Waals surface area contributed by atoms with Crippen LogP contribution in [0, 0.1) is 0 Å². The molecular weight excluding hydrogens is 254 g/mol. The van der Waals surface area contributed by atoms with Crippen molar-refractivity contribution in [3.8, 4) is 0 Å². The molecule has 0 atom stereocenters. The van der Waals surface area contributed by atoms with Crippen LogP contribution in [0.5, 0.6) is 0 Å². The number of pyridine rings is 1. The Kier molecular flexibility index (Phi) is 3.30. The Morgan fingerprint density at radius 3 is 2.83 bits per heavy atom. The minimum absolute atomic E-state index is 0.0285. The fourth-order valence-corrected chi connectivity index (χ4v) is 2.47. The predicted octanol–water partition coefficient (Wildman–Crippen LogP) is -0.124. The van der Waals surface area contributed by atoms with Crippen LogP contribution in [-0.2, 0) is 23.6 Å². The van der Waals surface area contributed by atoms with E-state index in [0.29, 0.717) is 5.82 Å². The van der Waals surface area contributed by atoms with Crippen LogP contribution < -0.4 is 10.5 Å². The number of nitrogen functional groups attached to an aromatic ring is 1. The first kappa shape index (κ1) is 12.5. The van der Waals surface area contributed by atoms with Crippen molar-refractivity contribution in [3.05, 3.63) is 36.7 Å². The van der Waals surface area contributed by atoms with Crippen molar-refractivity contribution in [2.24, 2.45) is 7.05 Å². The molecule has 3 N–H and O–H groups in total. The lowest BCUT2D eigenvalue weighted by molar-refractivity contribution is 0.577. The maximum Gasteiger partial charge on any atom is 0.244 e. The zero-order chi connectivity index (χ0) is 13.2. The normalized spacial score (nSPS) is 11.6. The summed E-state index contributed by atoms with van der Waals surface area (Å²) in [5.74, 6) is 0.612. The third-order valence-corrected chi connectivity index (χ3v) is 3.89. The van der Waals surface area contributed by atoms with E-state index in [0.717, 1.165) is 0 Å². The van der Waals surface area contributed by atoms with Gasteiger partial charge in [-0.2, -0.15) is 0 Å². The summed E-state index contributed by atoms with van der Waals surface area (Å²) in [6, 6.07) is 1.44. The first-order valence-corrected chi connectivity index (χ1v) is 6.64. The molecule has 2 heterocycles. The van der Waals surface area contributed by atoms with Gasteiger partial charge >= 0.3 is 0 Å². The van der Waals surface area contributed by atoms with Gasteiger partial charge < -0.3 is 10.3 Å². The molecule has 2 aromatic heterocycles. The van der Waals surface area contributed by atoms with Gasteiger partial charge in [-0.3, -0.25) is 4.98 Å². The lowest BCUT2D eigenvalue weighted by Gasteiger charge is -2.08. The molecule has 0 aromatic carbocycles. The van der Waals surface area contributed by atoms with Gasteiger partial charge in [0.2, 0.25) is 10.0 Å². The maximum atomic E-state index is 12.0. The summed E-state index contributed by atoms with van der Waals surface area (Å²) < 4.78 is 28.1. The van der Waals surface area contributed by atoms with Crippen molar-refractivity contribution in [1.29, 1.82) is 0 Å². The van der Waals surface area contributed by atoms with Crippen molar-refractivity contribution >= 4 is 15.7 Å². The highest BCUT2D eigenvalue weighted by Crippen LogP contribution is 2.15. The van der Waals surface area contributed by atoms with Gasteiger partial charge in [-0.05, 0) is 6.07 Å². The van der Waals surface area contributed by atoms with E-state index in [1.165, 1.54) is 18.5 Å². The van der Waals surface area contributed by atoms with Crippen LogP contribution in [0.3, 0.4) is 0 Å². The molecule has 8 heteroatoms. The fraction of sp³-hybridized carbons (Fsp3) is 0.200. The monoisotopic (exact) mass is 267 g/mol. The van der Waals surface area contributed by atoms with E-state index < -0.39 is 10.0 Å². The third kappa shape index (κ3) is 2.49. The van der Waals surface area contributed by atoms with Crippen LogP contribution in [0.4, 0.5) is 5.69 Å². The third-order valence-electron chi connectivity index (χ3n) is 2.45. The molecule has 0 saturated heterocycles. The topological polar surface area (TPSA) is 103 Å². The molecule has 18 heavy (non-hydrogen) atoms. The summed E-state index contributed by atoms with van der Waals surface area (Å²) in [7, 11) is -1.89. The molecule has 0 bridgehead atoms. The first-order chi connectivity index (χ1) is 8.50. The summed E-state index contributed by atoms with van der Waals surface area (Å²) in [6.07, 6.45) is 5.99. The maximum absolute atomic E-state index is 12.0. The number of nitrogens with zero attached hydrogens (tertiary/aromatic N) is 3. The predicted molar refractivity (Wildman–Crippen MR) is 65.9 cm³/mol. The molecule has 2 aromatic rings. The van der Waals surface area contributed by atoms with Gasteiger partial charge in [0.1, 0.15) is 10.7 Å². The van der Waals surface area contributed by atoms with Gasteiger partial charge in [-0.15, -0.1) is 0 Å². The van der Waals surface area contributed by atoms with Gasteiger partial charge in [0, 0.05) is 31.8 Å². The molecule has 0 aliphatic carbocycles. The number of aryl methyl sites for hydroxylation is 1. The van der Waals surface area contributed by atoms with E-state index in [-0.39, 0.29) is 17.1 Å². The van der Waals surface area contributed by atoms with Gasteiger partial charge in [0.15, 0.2) is 0 Å². The van der Waals surface area contributed by atoms with Crippen molar-refractivity contribution in [2.75, 3.05) is 5.73 Å². The Morgan fingerprint density at radius 2 is 2.22 bits per heavy atom. The van der Waals surface area contributed by atoms with Crippen molar-refractivity contribution in [2.45, 2.75) is 11.4 Å². The number of sulfonamides is 1. The Hall–Kier alpha value is -1.93.